The molecule has 28 heavy (non-hydrogen) atoms. The normalized spacial score (nSPS) is 11.1. The van der Waals surface area contributed by atoms with Crippen molar-refractivity contribution >= 4 is 28.2 Å². The molecule has 5 nitrogen and oxygen atoms in total. The van der Waals surface area contributed by atoms with Gasteiger partial charge in [-0.2, -0.15) is 0 Å². The zero-order valence-corrected chi connectivity index (χ0v) is 15.6. The summed E-state index contributed by atoms with van der Waals surface area (Å²) in [6, 6.07) is 16.0. The van der Waals surface area contributed by atoms with Gasteiger partial charge >= 0.3 is 5.97 Å². The first kappa shape index (κ1) is 17.8. The molecule has 0 fully saturated rings. The molecule has 0 amide bonds. The zero-order valence-electron chi connectivity index (χ0n) is 15.6. The molecule has 5 heteroatoms. The summed E-state index contributed by atoms with van der Waals surface area (Å²) in [5.74, 6) is -0.935. The standard InChI is InChI=1S/C23H19NO4/c1-3-28-23(27)17-11-16(22(26)18-10-14(2)8-9-21(18)25)13-24-19-7-5-4-6-15(19)12-20(17)24/h4-13,25H,3H2,1-2H3. The molecule has 0 saturated heterocycles. The number of carbonyl (C=O) groups excluding carboxylic acids is 2. The summed E-state index contributed by atoms with van der Waals surface area (Å²) >= 11 is 0. The summed E-state index contributed by atoms with van der Waals surface area (Å²) in [6.07, 6.45) is 1.70. The van der Waals surface area contributed by atoms with Gasteiger partial charge in [0.25, 0.3) is 0 Å². The average Bonchev–Trinajstić information content (AvgIpc) is 3.07. The van der Waals surface area contributed by atoms with Crippen LogP contribution in [-0.2, 0) is 4.74 Å². The molecule has 0 bridgehead atoms. The molecular formula is C23H19NO4. The minimum absolute atomic E-state index is 0.0919. The number of rotatable bonds is 4. The monoisotopic (exact) mass is 373 g/mol. The minimum atomic E-state index is -0.488. The predicted octanol–water partition coefficient (Wildman–Crippen LogP) is 4.51. The lowest BCUT2D eigenvalue weighted by molar-refractivity contribution is 0.0528. The third-order valence-corrected chi connectivity index (χ3v) is 4.75. The Labute approximate surface area is 161 Å². The summed E-state index contributed by atoms with van der Waals surface area (Å²) in [7, 11) is 0. The molecule has 4 rings (SSSR count). The van der Waals surface area contributed by atoms with Crippen LogP contribution in [-0.4, -0.2) is 27.9 Å². The van der Waals surface area contributed by atoms with E-state index in [9.17, 15) is 14.7 Å². The van der Waals surface area contributed by atoms with Crippen molar-refractivity contribution in [2.45, 2.75) is 13.8 Å². The largest absolute Gasteiger partial charge is 0.507 e. The van der Waals surface area contributed by atoms with E-state index in [1.165, 1.54) is 12.1 Å². The molecule has 0 spiro atoms. The first-order valence-corrected chi connectivity index (χ1v) is 9.05. The molecule has 0 aliphatic heterocycles. The zero-order chi connectivity index (χ0) is 19.8. The van der Waals surface area contributed by atoms with Crippen molar-refractivity contribution in [1.29, 1.82) is 0 Å². The van der Waals surface area contributed by atoms with E-state index in [1.807, 2.05) is 41.7 Å². The van der Waals surface area contributed by atoms with Crippen LogP contribution in [0.15, 0.2) is 60.8 Å². The van der Waals surface area contributed by atoms with Crippen molar-refractivity contribution in [1.82, 2.24) is 4.40 Å². The smallest absolute Gasteiger partial charge is 0.340 e. The van der Waals surface area contributed by atoms with E-state index < -0.39 is 5.97 Å². The average molecular weight is 373 g/mol. The molecule has 0 unspecified atom stereocenters. The molecule has 0 atom stereocenters. The first-order chi connectivity index (χ1) is 13.5. The summed E-state index contributed by atoms with van der Waals surface area (Å²) in [5.41, 5.74) is 3.23. The number of ketones is 1. The van der Waals surface area contributed by atoms with Crippen LogP contribution in [0.1, 0.15) is 38.8 Å². The van der Waals surface area contributed by atoms with Gasteiger partial charge in [0.05, 0.1) is 28.8 Å². The molecule has 1 N–H and O–H groups in total. The summed E-state index contributed by atoms with van der Waals surface area (Å²) in [5, 5.41) is 11.1. The highest BCUT2D eigenvalue weighted by molar-refractivity contribution is 6.13. The van der Waals surface area contributed by atoms with Crippen LogP contribution in [0, 0.1) is 6.92 Å². The molecule has 140 valence electrons. The van der Waals surface area contributed by atoms with Crippen LogP contribution in [0.2, 0.25) is 0 Å². The molecule has 2 aromatic heterocycles. The van der Waals surface area contributed by atoms with E-state index in [4.69, 9.17) is 4.74 Å². The lowest BCUT2D eigenvalue weighted by atomic mass is 10.0. The number of nitrogens with zero attached hydrogens (tertiary/aromatic N) is 1. The van der Waals surface area contributed by atoms with Crippen LogP contribution in [0.3, 0.4) is 0 Å². The maximum atomic E-state index is 13.1. The van der Waals surface area contributed by atoms with E-state index in [1.54, 1.807) is 25.3 Å². The van der Waals surface area contributed by atoms with Crippen molar-refractivity contribution in [2.75, 3.05) is 6.61 Å². The van der Waals surface area contributed by atoms with Crippen molar-refractivity contribution < 1.29 is 19.4 Å². The Morgan fingerprint density at radius 3 is 2.57 bits per heavy atom. The highest BCUT2D eigenvalue weighted by Gasteiger charge is 2.20. The number of phenolic OH excluding ortho intramolecular Hbond substituents is 1. The van der Waals surface area contributed by atoms with Gasteiger partial charge in [0.1, 0.15) is 5.75 Å². The number of ether oxygens (including phenoxy) is 1. The number of fused-ring (bicyclic) bond motifs is 3. The van der Waals surface area contributed by atoms with Gasteiger partial charge in [-0.25, -0.2) is 4.79 Å². The number of esters is 1. The maximum Gasteiger partial charge on any atom is 0.340 e. The van der Waals surface area contributed by atoms with E-state index in [0.29, 0.717) is 16.6 Å². The second kappa shape index (κ2) is 6.85. The number of aromatic hydroxyl groups is 1. The van der Waals surface area contributed by atoms with Gasteiger partial charge in [-0.1, -0.05) is 29.8 Å². The van der Waals surface area contributed by atoms with Crippen LogP contribution < -0.4 is 0 Å². The summed E-state index contributed by atoms with van der Waals surface area (Å²) in [4.78, 5) is 25.7. The Morgan fingerprint density at radius 1 is 1.00 bits per heavy atom. The number of aryl methyl sites for hydroxylation is 1. The first-order valence-electron chi connectivity index (χ1n) is 9.05. The fourth-order valence-corrected chi connectivity index (χ4v) is 3.41. The second-order valence-corrected chi connectivity index (χ2v) is 6.67. The Hall–Kier alpha value is -3.60. The van der Waals surface area contributed by atoms with Crippen LogP contribution >= 0.6 is 0 Å². The molecular weight excluding hydrogens is 354 g/mol. The fraction of sp³-hybridized carbons (Fsp3) is 0.130. The van der Waals surface area contributed by atoms with E-state index in [-0.39, 0.29) is 23.7 Å². The van der Waals surface area contributed by atoms with Gasteiger partial charge < -0.3 is 14.2 Å². The van der Waals surface area contributed by atoms with E-state index >= 15 is 0 Å². The van der Waals surface area contributed by atoms with E-state index in [0.717, 1.165) is 16.5 Å². The molecule has 2 heterocycles. The number of phenols is 1. The van der Waals surface area contributed by atoms with Gasteiger partial charge in [-0.3, -0.25) is 4.79 Å². The minimum Gasteiger partial charge on any atom is -0.507 e. The predicted molar refractivity (Wildman–Crippen MR) is 107 cm³/mol. The third-order valence-electron chi connectivity index (χ3n) is 4.75. The Morgan fingerprint density at radius 2 is 1.79 bits per heavy atom. The van der Waals surface area contributed by atoms with Crippen molar-refractivity contribution in [3.8, 4) is 5.75 Å². The number of aromatic nitrogens is 1. The van der Waals surface area contributed by atoms with Crippen LogP contribution in [0.25, 0.3) is 16.4 Å². The van der Waals surface area contributed by atoms with Gasteiger partial charge in [0, 0.05) is 17.1 Å². The number of hydrogen-bond donors (Lipinski definition) is 1. The Balaban J connectivity index is 1.98. The van der Waals surface area contributed by atoms with Gasteiger partial charge in [0.2, 0.25) is 0 Å². The quantitative estimate of drug-likeness (QED) is 0.422. The van der Waals surface area contributed by atoms with Crippen molar-refractivity contribution in [3.63, 3.8) is 0 Å². The topological polar surface area (TPSA) is 68.0 Å². The molecule has 4 aromatic rings. The summed E-state index contributed by atoms with van der Waals surface area (Å²) in [6.45, 7) is 3.83. The Kier molecular flexibility index (Phi) is 4.35. The number of para-hydroxylation sites is 1. The maximum absolute atomic E-state index is 13.1. The number of benzene rings is 2. The summed E-state index contributed by atoms with van der Waals surface area (Å²) < 4.78 is 7.02. The SMILES string of the molecule is CCOC(=O)c1cc(C(=O)c2cc(C)ccc2O)cn2c1cc1ccccc12. The molecule has 0 radical (unpaired) electrons. The van der Waals surface area contributed by atoms with Gasteiger partial charge in [-0.05, 0) is 44.2 Å². The fourth-order valence-electron chi connectivity index (χ4n) is 3.41. The van der Waals surface area contributed by atoms with Crippen molar-refractivity contribution in [2.24, 2.45) is 0 Å². The highest BCUT2D eigenvalue weighted by Crippen LogP contribution is 2.27. The molecule has 0 aliphatic rings. The lowest BCUT2D eigenvalue weighted by Gasteiger charge is -2.10. The molecule has 0 saturated carbocycles. The van der Waals surface area contributed by atoms with Crippen molar-refractivity contribution in [3.05, 3.63) is 83.0 Å². The van der Waals surface area contributed by atoms with Crippen LogP contribution in [0.4, 0.5) is 0 Å². The highest BCUT2D eigenvalue weighted by atomic mass is 16.5. The third kappa shape index (κ3) is 2.91. The van der Waals surface area contributed by atoms with Gasteiger partial charge in [-0.15, -0.1) is 0 Å². The molecule has 0 aliphatic carbocycles. The number of pyridine rings is 1. The van der Waals surface area contributed by atoms with Crippen LogP contribution in [0.5, 0.6) is 5.75 Å². The van der Waals surface area contributed by atoms with E-state index in [2.05, 4.69) is 0 Å². The lowest BCUT2D eigenvalue weighted by Crippen LogP contribution is -2.10. The number of hydrogen-bond acceptors (Lipinski definition) is 4. The Bertz CT molecular complexity index is 1240. The number of carbonyl (C=O) groups is 2. The molecule has 2 aromatic carbocycles. The van der Waals surface area contributed by atoms with Gasteiger partial charge in [0.15, 0.2) is 5.78 Å². The second-order valence-electron chi connectivity index (χ2n) is 6.67.